The van der Waals surface area contributed by atoms with Gasteiger partial charge in [-0.3, -0.25) is 4.79 Å². The summed E-state index contributed by atoms with van der Waals surface area (Å²) in [5.74, 6) is 1.63. The maximum absolute atomic E-state index is 12.1. The van der Waals surface area contributed by atoms with Gasteiger partial charge in [0.1, 0.15) is 5.82 Å². The molecule has 2 aromatic rings. The Hall–Kier alpha value is -2.90. The van der Waals surface area contributed by atoms with E-state index in [4.69, 9.17) is 0 Å². The van der Waals surface area contributed by atoms with Crippen molar-refractivity contribution in [3.63, 3.8) is 0 Å². The zero-order chi connectivity index (χ0) is 18.5. The summed E-state index contributed by atoms with van der Waals surface area (Å²) in [6.07, 6.45) is 2.89. The third-order valence-electron chi connectivity index (χ3n) is 4.49. The number of aromatic nitrogens is 3. The van der Waals surface area contributed by atoms with Crippen LogP contribution in [0.15, 0.2) is 24.3 Å². The van der Waals surface area contributed by atoms with Gasteiger partial charge in [-0.2, -0.15) is 0 Å². The summed E-state index contributed by atoms with van der Waals surface area (Å²) in [6.45, 7) is 5.21. The van der Waals surface area contributed by atoms with Crippen LogP contribution in [0.5, 0.6) is 0 Å². The maximum atomic E-state index is 12.1. The molecule has 0 fully saturated rings. The number of amides is 3. The zero-order valence-corrected chi connectivity index (χ0v) is 15.1. The number of aryl methyl sites for hydroxylation is 1. The molecule has 0 radical (unpaired) electrons. The molecule has 0 bridgehead atoms. The van der Waals surface area contributed by atoms with Crippen LogP contribution in [-0.4, -0.2) is 32.7 Å². The summed E-state index contributed by atoms with van der Waals surface area (Å²) in [4.78, 5) is 24.1. The van der Waals surface area contributed by atoms with Gasteiger partial charge in [-0.15, -0.1) is 10.2 Å². The lowest BCUT2D eigenvalue weighted by molar-refractivity contribution is 0.0939. The third kappa shape index (κ3) is 4.19. The normalized spacial score (nSPS) is 13.8. The smallest absolute Gasteiger partial charge is 0.319 e. The molecule has 1 aliphatic heterocycles. The maximum Gasteiger partial charge on any atom is 0.319 e. The average molecular weight is 356 g/mol. The lowest BCUT2D eigenvalue weighted by atomic mass is 10.1. The van der Waals surface area contributed by atoms with E-state index in [2.05, 4.69) is 26.1 Å². The number of carbonyl (C=O) groups is 2. The molecule has 0 saturated carbocycles. The van der Waals surface area contributed by atoms with Crippen molar-refractivity contribution < 1.29 is 9.59 Å². The number of rotatable bonds is 6. The van der Waals surface area contributed by atoms with Gasteiger partial charge in [0.2, 0.25) is 0 Å². The van der Waals surface area contributed by atoms with Crippen LogP contribution in [0.1, 0.15) is 48.7 Å². The number of carbonyl (C=O) groups excluding carboxylic acids is 2. The van der Waals surface area contributed by atoms with Crippen LogP contribution in [-0.2, 0) is 19.5 Å². The first-order valence-corrected chi connectivity index (χ1v) is 8.93. The summed E-state index contributed by atoms with van der Waals surface area (Å²) in [5, 5.41) is 16.7. The van der Waals surface area contributed by atoms with Gasteiger partial charge in [0.05, 0.1) is 6.54 Å². The lowest BCUT2D eigenvalue weighted by Crippen LogP contribution is -2.32. The van der Waals surface area contributed by atoms with E-state index in [0.717, 1.165) is 37.5 Å². The second kappa shape index (κ2) is 7.99. The van der Waals surface area contributed by atoms with Gasteiger partial charge in [0, 0.05) is 30.3 Å². The van der Waals surface area contributed by atoms with Gasteiger partial charge in [0.15, 0.2) is 5.82 Å². The quantitative estimate of drug-likeness (QED) is 0.737. The van der Waals surface area contributed by atoms with Crippen LogP contribution in [0, 0.1) is 0 Å². The highest BCUT2D eigenvalue weighted by atomic mass is 16.2. The second-order valence-corrected chi connectivity index (χ2v) is 6.46. The van der Waals surface area contributed by atoms with Crippen molar-refractivity contribution in [1.29, 1.82) is 0 Å². The summed E-state index contributed by atoms with van der Waals surface area (Å²) < 4.78 is 2.05. The highest BCUT2D eigenvalue weighted by Crippen LogP contribution is 2.14. The Morgan fingerprint density at radius 3 is 2.73 bits per heavy atom. The van der Waals surface area contributed by atoms with Crippen molar-refractivity contribution in [2.24, 2.45) is 0 Å². The Morgan fingerprint density at radius 2 is 2.00 bits per heavy atom. The number of fused-ring (bicyclic) bond motifs is 1. The lowest BCUT2D eigenvalue weighted by Gasteiger charge is -2.12. The van der Waals surface area contributed by atoms with Crippen LogP contribution in [0.25, 0.3) is 0 Å². The highest BCUT2D eigenvalue weighted by molar-refractivity contribution is 5.95. The Kier molecular flexibility index (Phi) is 5.50. The molecule has 3 rings (SSSR count). The standard InChI is InChI=1S/C18H24N6O2/c1-3-12(2)20-17(25)13-6-8-14(9-7-13)21-18(26)19-11-16-23-22-15-5-4-10-24(15)16/h6-9,12H,3-5,10-11H2,1-2H3,(H,20,25)(H2,19,21,26). The summed E-state index contributed by atoms with van der Waals surface area (Å²) in [5.41, 5.74) is 1.18. The first kappa shape index (κ1) is 17.9. The third-order valence-corrected chi connectivity index (χ3v) is 4.49. The van der Waals surface area contributed by atoms with Crippen LogP contribution < -0.4 is 16.0 Å². The number of nitrogens with zero attached hydrogens (tertiary/aromatic N) is 3. The Balaban J connectivity index is 1.50. The van der Waals surface area contributed by atoms with E-state index in [0.29, 0.717) is 17.8 Å². The van der Waals surface area contributed by atoms with Crippen molar-refractivity contribution >= 4 is 17.6 Å². The molecule has 2 heterocycles. The van der Waals surface area contributed by atoms with Crippen LogP contribution in [0.4, 0.5) is 10.5 Å². The van der Waals surface area contributed by atoms with Crippen LogP contribution in [0.2, 0.25) is 0 Å². The molecule has 3 N–H and O–H groups in total. The van der Waals surface area contributed by atoms with Crippen LogP contribution >= 0.6 is 0 Å². The average Bonchev–Trinajstić information content (AvgIpc) is 3.24. The minimum absolute atomic E-state index is 0.115. The Labute approximate surface area is 152 Å². The van der Waals surface area contributed by atoms with Gasteiger partial charge in [-0.05, 0) is 44.0 Å². The van der Waals surface area contributed by atoms with Crippen molar-refractivity contribution in [3.05, 3.63) is 41.5 Å². The minimum atomic E-state index is -0.322. The van der Waals surface area contributed by atoms with Crippen molar-refractivity contribution in [3.8, 4) is 0 Å². The SMILES string of the molecule is CCC(C)NC(=O)c1ccc(NC(=O)NCc2nnc3n2CCC3)cc1. The fourth-order valence-corrected chi connectivity index (χ4v) is 2.79. The van der Waals surface area contributed by atoms with Gasteiger partial charge in [-0.25, -0.2) is 4.79 Å². The molecule has 8 nitrogen and oxygen atoms in total. The van der Waals surface area contributed by atoms with E-state index in [1.807, 2.05) is 18.4 Å². The molecular weight excluding hydrogens is 332 g/mol. The van der Waals surface area contributed by atoms with E-state index >= 15 is 0 Å². The molecule has 0 saturated heterocycles. The Morgan fingerprint density at radius 1 is 1.23 bits per heavy atom. The number of benzene rings is 1. The van der Waals surface area contributed by atoms with Crippen molar-refractivity contribution in [2.45, 2.75) is 52.2 Å². The van der Waals surface area contributed by atoms with Crippen LogP contribution in [0.3, 0.4) is 0 Å². The summed E-state index contributed by atoms with van der Waals surface area (Å²) in [6, 6.07) is 6.61. The molecule has 1 aromatic carbocycles. The molecule has 8 heteroatoms. The predicted molar refractivity (Wildman–Crippen MR) is 97.9 cm³/mol. The summed E-state index contributed by atoms with van der Waals surface area (Å²) >= 11 is 0. The predicted octanol–water partition coefficient (Wildman–Crippen LogP) is 2.07. The first-order valence-electron chi connectivity index (χ1n) is 8.93. The minimum Gasteiger partial charge on any atom is -0.350 e. The highest BCUT2D eigenvalue weighted by Gasteiger charge is 2.17. The second-order valence-electron chi connectivity index (χ2n) is 6.46. The zero-order valence-electron chi connectivity index (χ0n) is 15.1. The molecule has 3 amide bonds. The number of urea groups is 1. The molecule has 1 aliphatic rings. The fraction of sp³-hybridized carbons (Fsp3) is 0.444. The van der Waals surface area contributed by atoms with Crippen molar-refractivity contribution in [2.75, 3.05) is 5.32 Å². The van der Waals surface area contributed by atoms with E-state index in [-0.39, 0.29) is 18.0 Å². The number of nitrogens with one attached hydrogen (secondary N) is 3. The van der Waals surface area contributed by atoms with Crippen molar-refractivity contribution in [1.82, 2.24) is 25.4 Å². The molecule has 1 atom stereocenters. The number of hydrogen-bond donors (Lipinski definition) is 3. The first-order chi connectivity index (χ1) is 12.6. The number of hydrogen-bond acceptors (Lipinski definition) is 4. The molecule has 1 unspecified atom stereocenters. The molecule has 1 aromatic heterocycles. The van der Waals surface area contributed by atoms with E-state index in [9.17, 15) is 9.59 Å². The van der Waals surface area contributed by atoms with E-state index < -0.39 is 0 Å². The van der Waals surface area contributed by atoms with Gasteiger partial charge < -0.3 is 20.5 Å². The molecule has 0 aliphatic carbocycles. The monoisotopic (exact) mass is 356 g/mol. The molecular formula is C18H24N6O2. The topological polar surface area (TPSA) is 101 Å². The largest absolute Gasteiger partial charge is 0.350 e. The Bertz CT molecular complexity index is 783. The summed E-state index contributed by atoms with van der Waals surface area (Å²) in [7, 11) is 0. The molecule has 138 valence electrons. The fourth-order valence-electron chi connectivity index (χ4n) is 2.79. The van der Waals surface area contributed by atoms with Gasteiger partial charge in [-0.1, -0.05) is 6.92 Å². The van der Waals surface area contributed by atoms with E-state index in [1.165, 1.54) is 0 Å². The molecule has 0 spiro atoms. The number of anilines is 1. The molecule has 26 heavy (non-hydrogen) atoms. The van der Waals surface area contributed by atoms with Gasteiger partial charge in [0.25, 0.3) is 5.91 Å². The van der Waals surface area contributed by atoms with Gasteiger partial charge >= 0.3 is 6.03 Å². The van der Waals surface area contributed by atoms with E-state index in [1.54, 1.807) is 24.3 Å².